The second-order valence-electron chi connectivity index (χ2n) is 5.76. The molecule has 21 heavy (non-hydrogen) atoms. The van der Waals surface area contributed by atoms with Gasteiger partial charge in [0.25, 0.3) is 5.91 Å². The smallest absolute Gasteiger partial charge is 0.252 e. The summed E-state index contributed by atoms with van der Waals surface area (Å²) >= 11 is 0. The molecule has 0 spiro atoms. The molecule has 2 atom stereocenters. The van der Waals surface area contributed by atoms with Gasteiger partial charge in [0, 0.05) is 29.2 Å². The zero-order valence-corrected chi connectivity index (χ0v) is 12.1. The number of nitrogens with one attached hydrogen (secondary N) is 1. The number of carbonyl (C=O) groups excluding carboxylic acids is 1. The Morgan fingerprint density at radius 2 is 2.00 bits per heavy atom. The molecular formula is C17H21N3O. The highest BCUT2D eigenvalue weighted by Gasteiger charge is 2.23. The summed E-state index contributed by atoms with van der Waals surface area (Å²) in [7, 11) is 0. The summed E-state index contributed by atoms with van der Waals surface area (Å²) in [4.78, 5) is 16.9. The van der Waals surface area contributed by atoms with Gasteiger partial charge in [-0.3, -0.25) is 9.78 Å². The Morgan fingerprint density at radius 3 is 2.90 bits per heavy atom. The molecule has 1 saturated carbocycles. The van der Waals surface area contributed by atoms with E-state index in [9.17, 15) is 4.79 Å². The number of fused-ring (bicyclic) bond motifs is 1. The molecule has 4 heteroatoms. The summed E-state index contributed by atoms with van der Waals surface area (Å²) < 4.78 is 0. The lowest BCUT2D eigenvalue weighted by molar-refractivity contribution is 0.0930. The van der Waals surface area contributed by atoms with E-state index in [0.717, 1.165) is 36.6 Å². The quantitative estimate of drug-likeness (QED) is 0.832. The van der Waals surface area contributed by atoms with Crippen LogP contribution < -0.4 is 11.1 Å². The summed E-state index contributed by atoms with van der Waals surface area (Å²) in [5.41, 5.74) is 7.71. The van der Waals surface area contributed by atoms with Crippen LogP contribution in [0, 0.1) is 0 Å². The Kier molecular flexibility index (Phi) is 4.15. The number of benzene rings is 1. The largest absolute Gasteiger partial charge is 0.348 e. The average molecular weight is 283 g/mol. The monoisotopic (exact) mass is 283 g/mol. The number of aromatic nitrogens is 1. The Balaban J connectivity index is 1.83. The van der Waals surface area contributed by atoms with Crippen molar-refractivity contribution in [2.75, 3.05) is 0 Å². The number of hydrogen-bond acceptors (Lipinski definition) is 3. The molecule has 3 rings (SSSR count). The molecule has 1 amide bonds. The van der Waals surface area contributed by atoms with E-state index in [4.69, 9.17) is 5.73 Å². The first-order valence-corrected chi connectivity index (χ1v) is 7.66. The van der Waals surface area contributed by atoms with Crippen molar-refractivity contribution in [2.24, 2.45) is 5.73 Å². The van der Waals surface area contributed by atoms with E-state index in [-0.39, 0.29) is 18.0 Å². The van der Waals surface area contributed by atoms with Crippen LogP contribution in [-0.2, 0) is 0 Å². The van der Waals surface area contributed by atoms with Crippen LogP contribution in [0.2, 0.25) is 0 Å². The maximum Gasteiger partial charge on any atom is 0.252 e. The number of hydrogen-bond donors (Lipinski definition) is 2. The molecule has 1 heterocycles. The van der Waals surface area contributed by atoms with E-state index in [1.54, 1.807) is 6.20 Å². The molecule has 110 valence electrons. The Bertz CT molecular complexity index is 635. The third-order valence-electron chi connectivity index (χ3n) is 4.28. The second-order valence-corrected chi connectivity index (χ2v) is 5.76. The van der Waals surface area contributed by atoms with Crippen LogP contribution in [0.25, 0.3) is 10.9 Å². The van der Waals surface area contributed by atoms with Gasteiger partial charge in [-0.1, -0.05) is 31.4 Å². The number of rotatable bonds is 2. The van der Waals surface area contributed by atoms with Gasteiger partial charge < -0.3 is 11.1 Å². The summed E-state index contributed by atoms with van der Waals surface area (Å²) in [6, 6.07) is 9.57. The molecule has 4 nitrogen and oxygen atoms in total. The van der Waals surface area contributed by atoms with E-state index < -0.39 is 0 Å². The van der Waals surface area contributed by atoms with Gasteiger partial charge in [0.05, 0.1) is 5.52 Å². The van der Waals surface area contributed by atoms with Crippen molar-refractivity contribution in [2.45, 2.75) is 44.2 Å². The van der Waals surface area contributed by atoms with E-state index in [1.807, 2.05) is 30.3 Å². The van der Waals surface area contributed by atoms with Gasteiger partial charge in [0.1, 0.15) is 0 Å². The van der Waals surface area contributed by atoms with Crippen molar-refractivity contribution >= 4 is 16.8 Å². The molecule has 1 aliphatic rings. The van der Waals surface area contributed by atoms with Crippen molar-refractivity contribution in [3.63, 3.8) is 0 Å². The third-order valence-corrected chi connectivity index (χ3v) is 4.28. The Hall–Kier alpha value is -1.94. The minimum Gasteiger partial charge on any atom is -0.348 e. The Morgan fingerprint density at radius 1 is 1.14 bits per heavy atom. The molecule has 0 bridgehead atoms. The van der Waals surface area contributed by atoms with Gasteiger partial charge in [-0.05, 0) is 31.0 Å². The molecule has 0 saturated heterocycles. The predicted molar refractivity (Wildman–Crippen MR) is 84.1 cm³/mol. The first kappa shape index (κ1) is 14.0. The SMILES string of the molecule is NC1CCCCCC1NC(=O)c1cccc2ncccc12. The molecule has 1 aromatic heterocycles. The number of carbonyl (C=O) groups is 1. The van der Waals surface area contributed by atoms with Crippen molar-refractivity contribution < 1.29 is 4.79 Å². The van der Waals surface area contributed by atoms with Crippen LogP contribution in [0.4, 0.5) is 0 Å². The normalized spacial score (nSPS) is 22.7. The number of amides is 1. The molecule has 2 unspecified atom stereocenters. The molecule has 1 aromatic carbocycles. The number of pyridine rings is 1. The zero-order chi connectivity index (χ0) is 14.7. The van der Waals surface area contributed by atoms with Crippen molar-refractivity contribution in [3.05, 3.63) is 42.1 Å². The third kappa shape index (κ3) is 3.05. The van der Waals surface area contributed by atoms with Crippen LogP contribution in [0.15, 0.2) is 36.5 Å². The topological polar surface area (TPSA) is 68.0 Å². The molecule has 0 aliphatic heterocycles. The van der Waals surface area contributed by atoms with E-state index in [2.05, 4.69) is 10.3 Å². The molecule has 0 radical (unpaired) electrons. The average Bonchev–Trinajstić information content (AvgIpc) is 2.71. The number of nitrogens with zero attached hydrogens (tertiary/aromatic N) is 1. The minimum atomic E-state index is -0.0454. The van der Waals surface area contributed by atoms with Crippen molar-refractivity contribution in [3.8, 4) is 0 Å². The Labute approximate surface area is 124 Å². The van der Waals surface area contributed by atoms with Crippen LogP contribution >= 0.6 is 0 Å². The highest BCUT2D eigenvalue weighted by Crippen LogP contribution is 2.19. The van der Waals surface area contributed by atoms with Gasteiger partial charge in [-0.2, -0.15) is 0 Å². The lowest BCUT2D eigenvalue weighted by Crippen LogP contribution is -2.47. The first-order valence-electron chi connectivity index (χ1n) is 7.66. The summed E-state index contributed by atoms with van der Waals surface area (Å²) in [6.45, 7) is 0. The van der Waals surface area contributed by atoms with Crippen LogP contribution in [0.3, 0.4) is 0 Å². The van der Waals surface area contributed by atoms with Crippen LogP contribution in [0.1, 0.15) is 42.5 Å². The van der Waals surface area contributed by atoms with E-state index in [1.165, 1.54) is 6.42 Å². The summed E-state index contributed by atoms with van der Waals surface area (Å²) in [5, 5.41) is 4.01. The molecule has 1 aliphatic carbocycles. The maximum atomic E-state index is 12.6. The van der Waals surface area contributed by atoms with Crippen LogP contribution in [0.5, 0.6) is 0 Å². The number of nitrogens with two attached hydrogens (primary N) is 1. The fourth-order valence-electron chi connectivity index (χ4n) is 3.06. The van der Waals surface area contributed by atoms with E-state index in [0.29, 0.717) is 5.56 Å². The van der Waals surface area contributed by atoms with Crippen LogP contribution in [-0.4, -0.2) is 23.0 Å². The van der Waals surface area contributed by atoms with E-state index >= 15 is 0 Å². The highest BCUT2D eigenvalue weighted by molar-refractivity contribution is 6.06. The molecule has 3 N–H and O–H groups in total. The zero-order valence-electron chi connectivity index (χ0n) is 12.1. The standard InChI is InChI=1S/C17H21N3O/c18-14-8-2-1-3-9-16(14)20-17(21)13-6-4-10-15-12(13)7-5-11-19-15/h4-7,10-11,14,16H,1-3,8-9,18H2,(H,20,21). The highest BCUT2D eigenvalue weighted by atomic mass is 16.1. The van der Waals surface area contributed by atoms with Gasteiger partial charge in [-0.25, -0.2) is 0 Å². The first-order chi connectivity index (χ1) is 10.3. The second kappa shape index (κ2) is 6.22. The maximum absolute atomic E-state index is 12.6. The lowest BCUT2D eigenvalue weighted by atomic mass is 10.0. The minimum absolute atomic E-state index is 0.0454. The van der Waals surface area contributed by atoms with Gasteiger partial charge >= 0.3 is 0 Å². The lowest BCUT2D eigenvalue weighted by Gasteiger charge is -2.23. The van der Waals surface area contributed by atoms with Gasteiger partial charge in [-0.15, -0.1) is 0 Å². The fourth-order valence-corrected chi connectivity index (χ4v) is 3.06. The van der Waals surface area contributed by atoms with Gasteiger partial charge in [0.15, 0.2) is 0 Å². The predicted octanol–water partition coefficient (Wildman–Crippen LogP) is 2.62. The summed E-state index contributed by atoms with van der Waals surface area (Å²) in [5.74, 6) is -0.0454. The fraction of sp³-hybridized carbons (Fsp3) is 0.412. The van der Waals surface area contributed by atoms with Crippen molar-refractivity contribution in [1.29, 1.82) is 0 Å². The summed E-state index contributed by atoms with van der Waals surface area (Å²) in [6.07, 6.45) is 7.20. The van der Waals surface area contributed by atoms with Crippen molar-refractivity contribution in [1.82, 2.24) is 10.3 Å². The molecular weight excluding hydrogens is 262 g/mol. The van der Waals surface area contributed by atoms with Gasteiger partial charge in [0.2, 0.25) is 0 Å². The molecule has 2 aromatic rings. The molecule has 1 fully saturated rings.